The van der Waals surface area contributed by atoms with Crippen LogP contribution in [-0.2, 0) is 4.79 Å². The second-order valence-corrected chi connectivity index (χ2v) is 6.58. The molecule has 21 heavy (non-hydrogen) atoms. The van der Waals surface area contributed by atoms with Gasteiger partial charge >= 0.3 is 0 Å². The van der Waals surface area contributed by atoms with Gasteiger partial charge < -0.3 is 10.4 Å². The summed E-state index contributed by atoms with van der Waals surface area (Å²) in [6.07, 6.45) is 7.96. The van der Waals surface area contributed by atoms with E-state index in [0.717, 1.165) is 64.5 Å². The van der Waals surface area contributed by atoms with E-state index in [1.165, 1.54) is 0 Å². The lowest BCUT2D eigenvalue weighted by Gasteiger charge is -2.33. The van der Waals surface area contributed by atoms with Gasteiger partial charge in [-0.3, -0.25) is 9.69 Å². The number of aliphatic hydroxyl groups is 1. The smallest absolute Gasteiger partial charge is 0.235 e. The molecule has 1 heterocycles. The Morgan fingerprint density at radius 2 is 2.00 bits per heavy atom. The standard InChI is InChI=1S/C16H27N3O2/c17-13-16(7-3-1-2-4-8-16)18-15(21)11-19-9-5-6-14(10-19)12-20/h14,20H,1-12H2,(H,18,21). The van der Waals surface area contributed by atoms with E-state index >= 15 is 0 Å². The van der Waals surface area contributed by atoms with Crippen molar-refractivity contribution in [1.29, 1.82) is 5.26 Å². The Balaban J connectivity index is 1.86. The lowest BCUT2D eigenvalue weighted by Crippen LogP contribution is -2.51. The number of rotatable bonds is 4. The van der Waals surface area contributed by atoms with E-state index in [2.05, 4.69) is 16.3 Å². The van der Waals surface area contributed by atoms with Crippen molar-refractivity contribution in [3.8, 4) is 6.07 Å². The highest BCUT2D eigenvalue weighted by Crippen LogP contribution is 2.26. The maximum absolute atomic E-state index is 12.3. The highest BCUT2D eigenvalue weighted by atomic mass is 16.3. The van der Waals surface area contributed by atoms with Crippen LogP contribution < -0.4 is 5.32 Å². The Morgan fingerprint density at radius 3 is 2.62 bits per heavy atom. The minimum Gasteiger partial charge on any atom is -0.396 e. The summed E-state index contributed by atoms with van der Waals surface area (Å²) >= 11 is 0. The summed E-state index contributed by atoms with van der Waals surface area (Å²) in [5.41, 5.74) is -0.653. The first kappa shape index (κ1) is 16.3. The van der Waals surface area contributed by atoms with Crippen LogP contribution in [0.15, 0.2) is 0 Å². The monoisotopic (exact) mass is 293 g/mol. The van der Waals surface area contributed by atoms with Crippen molar-refractivity contribution in [2.75, 3.05) is 26.2 Å². The molecule has 0 spiro atoms. The van der Waals surface area contributed by atoms with E-state index in [-0.39, 0.29) is 18.4 Å². The van der Waals surface area contributed by atoms with E-state index in [4.69, 9.17) is 0 Å². The van der Waals surface area contributed by atoms with Crippen LogP contribution >= 0.6 is 0 Å². The molecule has 1 unspecified atom stereocenters. The van der Waals surface area contributed by atoms with Crippen molar-refractivity contribution in [3.05, 3.63) is 0 Å². The van der Waals surface area contributed by atoms with Gasteiger partial charge in [0.15, 0.2) is 0 Å². The predicted octanol–water partition coefficient (Wildman–Crippen LogP) is 1.42. The summed E-state index contributed by atoms with van der Waals surface area (Å²) < 4.78 is 0. The van der Waals surface area contributed by atoms with Crippen LogP contribution in [0.1, 0.15) is 51.4 Å². The highest BCUT2D eigenvalue weighted by Gasteiger charge is 2.33. The van der Waals surface area contributed by atoms with Gasteiger partial charge in [0.1, 0.15) is 5.54 Å². The fourth-order valence-corrected chi connectivity index (χ4v) is 3.55. The molecule has 5 heteroatoms. The van der Waals surface area contributed by atoms with E-state index in [0.29, 0.717) is 6.54 Å². The molecule has 0 aromatic rings. The Morgan fingerprint density at radius 1 is 1.29 bits per heavy atom. The zero-order valence-corrected chi connectivity index (χ0v) is 12.8. The number of piperidine rings is 1. The summed E-state index contributed by atoms with van der Waals surface area (Å²) in [6, 6.07) is 2.36. The van der Waals surface area contributed by atoms with Crippen molar-refractivity contribution >= 4 is 5.91 Å². The second kappa shape index (κ2) is 7.77. The van der Waals surface area contributed by atoms with Crippen LogP contribution in [0, 0.1) is 17.2 Å². The van der Waals surface area contributed by atoms with Crippen molar-refractivity contribution in [1.82, 2.24) is 10.2 Å². The molecule has 1 atom stereocenters. The number of nitrogens with zero attached hydrogens (tertiary/aromatic N) is 2. The molecule has 0 bridgehead atoms. The van der Waals surface area contributed by atoms with Crippen LogP contribution in [0.3, 0.4) is 0 Å². The number of hydrogen-bond acceptors (Lipinski definition) is 4. The largest absolute Gasteiger partial charge is 0.396 e. The van der Waals surface area contributed by atoms with Crippen LogP contribution in [0.25, 0.3) is 0 Å². The molecule has 1 amide bonds. The molecule has 2 aliphatic rings. The van der Waals surface area contributed by atoms with E-state index in [9.17, 15) is 15.2 Å². The fourth-order valence-electron chi connectivity index (χ4n) is 3.55. The van der Waals surface area contributed by atoms with E-state index in [1.807, 2.05) is 0 Å². The second-order valence-electron chi connectivity index (χ2n) is 6.58. The molecule has 2 rings (SSSR count). The molecule has 2 fully saturated rings. The molecule has 1 saturated carbocycles. The summed E-state index contributed by atoms with van der Waals surface area (Å²) in [5, 5.41) is 21.7. The van der Waals surface area contributed by atoms with Gasteiger partial charge in [-0.2, -0.15) is 5.26 Å². The molecule has 0 aromatic carbocycles. The molecule has 118 valence electrons. The average Bonchev–Trinajstić information content (AvgIpc) is 2.73. The number of hydrogen-bond donors (Lipinski definition) is 2. The van der Waals surface area contributed by atoms with Gasteiger partial charge in [-0.1, -0.05) is 25.7 Å². The Bertz CT molecular complexity index is 383. The maximum atomic E-state index is 12.3. The number of nitrogens with one attached hydrogen (secondary N) is 1. The molecule has 5 nitrogen and oxygen atoms in total. The molecular weight excluding hydrogens is 266 g/mol. The molecular formula is C16H27N3O2. The summed E-state index contributed by atoms with van der Waals surface area (Å²) in [5.74, 6) is 0.242. The third-order valence-corrected chi connectivity index (χ3v) is 4.78. The highest BCUT2D eigenvalue weighted by molar-refractivity contribution is 5.79. The molecule has 1 aliphatic heterocycles. The zero-order valence-electron chi connectivity index (χ0n) is 12.8. The van der Waals surface area contributed by atoms with Gasteiger partial charge in [-0.05, 0) is 38.1 Å². The Kier molecular flexibility index (Phi) is 6.01. The number of amides is 1. The summed E-state index contributed by atoms with van der Waals surface area (Å²) in [4.78, 5) is 14.4. The average molecular weight is 293 g/mol. The predicted molar refractivity (Wildman–Crippen MR) is 80.4 cm³/mol. The maximum Gasteiger partial charge on any atom is 0.235 e. The van der Waals surface area contributed by atoms with Gasteiger partial charge in [-0.15, -0.1) is 0 Å². The van der Waals surface area contributed by atoms with Crippen LogP contribution in [-0.4, -0.2) is 47.7 Å². The third kappa shape index (κ3) is 4.69. The van der Waals surface area contributed by atoms with Gasteiger partial charge in [0.2, 0.25) is 5.91 Å². The number of likely N-dealkylation sites (tertiary alicyclic amines) is 1. The van der Waals surface area contributed by atoms with Crippen molar-refractivity contribution in [3.63, 3.8) is 0 Å². The molecule has 1 aliphatic carbocycles. The molecule has 1 saturated heterocycles. The molecule has 0 aromatic heterocycles. The normalized spacial score (nSPS) is 26.6. The minimum atomic E-state index is -0.653. The summed E-state index contributed by atoms with van der Waals surface area (Å²) in [6.45, 7) is 2.23. The number of aliphatic hydroxyl groups excluding tert-OH is 1. The van der Waals surface area contributed by atoms with Crippen LogP contribution in [0.4, 0.5) is 0 Å². The van der Waals surface area contributed by atoms with Gasteiger partial charge in [0, 0.05) is 13.2 Å². The van der Waals surface area contributed by atoms with Crippen molar-refractivity contribution in [2.24, 2.45) is 5.92 Å². The van der Waals surface area contributed by atoms with Gasteiger partial charge in [0.25, 0.3) is 0 Å². The SMILES string of the molecule is N#CC1(NC(=O)CN2CCCC(CO)C2)CCCCCC1. The quantitative estimate of drug-likeness (QED) is 0.769. The Hall–Kier alpha value is -1.12. The van der Waals surface area contributed by atoms with Gasteiger partial charge in [0.05, 0.1) is 12.6 Å². The van der Waals surface area contributed by atoms with Crippen molar-refractivity contribution in [2.45, 2.75) is 56.9 Å². The minimum absolute atomic E-state index is 0.0444. The first-order valence-electron chi connectivity index (χ1n) is 8.23. The Labute approximate surface area is 127 Å². The van der Waals surface area contributed by atoms with Crippen LogP contribution in [0.2, 0.25) is 0 Å². The van der Waals surface area contributed by atoms with Crippen molar-refractivity contribution < 1.29 is 9.90 Å². The molecule has 2 N–H and O–H groups in total. The first-order chi connectivity index (χ1) is 10.2. The third-order valence-electron chi connectivity index (χ3n) is 4.78. The first-order valence-corrected chi connectivity index (χ1v) is 8.23. The fraction of sp³-hybridized carbons (Fsp3) is 0.875. The van der Waals surface area contributed by atoms with Crippen LogP contribution in [0.5, 0.6) is 0 Å². The topological polar surface area (TPSA) is 76.4 Å². The summed E-state index contributed by atoms with van der Waals surface area (Å²) in [7, 11) is 0. The molecule has 0 radical (unpaired) electrons. The number of carbonyl (C=O) groups is 1. The number of carbonyl (C=O) groups excluding carboxylic acids is 1. The van der Waals surface area contributed by atoms with Gasteiger partial charge in [-0.25, -0.2) is 0 Å². The number of nitriles is 1. The van der Waals surface area contributed by atoms with E-state index < -0.39 is 5.54 Å². The zero-order chi connectivity index (χ0) is 15.1. The lowest BCUT2D eigenvalue weighted by molar-refractivity contribution is -0.124. The van der Waals surface area contributed by atoms with E-state index in [1.54, 1.807) is 0 Å². The lowest BCUT2D eigenvalue weighted by atomic mass is 9.92.